The van der Waals surface area contributed by atoms with Crippen molar-refractivity contribution in [3.05, 3.63) is 59.3 Å². The minimum Gasteiger partial charge on any atom is -0.508 e. The molecule has 0 saturated heterocycles. The van der Waals surface area contributed by atoms with E-state index in [9.17, 15) is 15.0 Å². The van der Waals surface area contributed by atoms with Crippen LogP contribution in [0.15, 0.2) is 42.6 Å². The van der Waals surface area contributed by atoms with Gasteiger partial charge in [0.15, 0.2) is 5.78 Å². The van der Waals surface area contributed by atoms with Gasteiger partial charge in [0.25, 0.3) is 0 Å². The summed E-state index contributed by atoms with van der Waals surface area (Å²) in [6, 6.07) is 10.6. The molecule has 0 radical (unpaired) electrons. The Balaban J connectivity index is 2.21. The SMILES string of the molecule is CCCC(=O)c1cnc2ccc(C(C)O)cc2c1Nc1ccc(O)cc1C. The van der Waals surface area contributed by atoms with Crippen molar-refractivity contribution in [2.24, 2.45) is 0 Å². The molecule has 1 atom stereocenters. The Labute approximate surface area is 158 Å². The van der Waals surface area contributed by atoms with Gasteiger partial charge in [0.05, 0.1) is 22.9 Å². The lowest BCUT2D eigenvalue weighted by Gasteiger charge is -2.17. The summed E-state index contributed by atoms with van der Waals surface area (Å²) >= 11 is 0. The Morgan fingerprint density at radius 2 is 2.00 bits per heavy atom. The fourth-order valence-electron chi connectivity index (χ4n) is 3.10. The predicted octanol–water partition coefficient (Wildman–Crippen LogP) is 5.03. The number of nitrogens with zero attached hydrogens (tertiary/aromatic N) is 1. The Hall–Kier alpha value is -2.92. The summed E-state index contributed by atoms with van der Waals surface area (Å²) < 4.78 is 0. The molecule has 5 nitrogen and oxygen atoms in total. The van der Waals surface area contributed by atoms with E-state index in [1.807, 2.05) is 32.0 Å². The van der Waals surface area contributed by atoms with Crippen molar-refractivity contribution in [2.75, 3.05) is 5.32 Å². The van der Waals surface area contributed by atoms with Crippen LogP contribution in [0.1, 0.15) is 54.3 Å². The van der Waals surface area contributed by atoms with Crippen LogP contribution in [0, 0.1) is 6.92 Å². The normalized spacial score (nSPS) is 12.1. The number of hydrogen-bond donors (Lipinski definition) is 3. The predicted molar refractivity (Wildman–Crippen MR) is 108 cm³/mol. The first kappa shape index (κ1) is 18.9. The largest absolute Gasteiger partial charge is 0.508 e. The van der Waals surface area contributed by atoms with Crippen molar-refractivity contribution in [1.82, 2.24) is 4.98 Å². The first-order valence-electron chi connectivity index (χ1n) is 9.11. The molecule has 5 heteroatoms. The first-order valence-corrected chi connectivity index (χ1v) is 9.11. The van der Waals surface area contributed by atoms with E-state index < -0.39 is 6.10 Å². The summed E-state index contributed by atoms with van der Waals surface area (Å²) in [5.74, 6) is 0.213. The van der Waals surface area contributed by atoms with E-state index in [1.165, 1.54) is 0 Å². The van der Waals surface area contributed by atoms with E-state index in [2.05, 4.69) is 10.3 Å². The number of ketones is 1. The van der Waals surface area contributed by atoms with Gasteiger partial charge in [0.2, 0.25) is 0 Å². The molecule has 1 unspecified atom stereocenters. The van der Waals surface area contributed by atoms with Crippen molar-refractivity contribution >= 4 is 28.1 Å². The maximum atomic E-state index is 12.7. The van der Waals surface area contributed by atoms with E-state index in [0.29, 0.717) is 17.7 Å². The number of pyridine rings is 1. The molecule has 3 rings (SSSR count). The van der Waals surface area contributed by atoms with Crippen LogP contribution in [-0.4, -0.2) is 21.0 Å². The first-order chi connectivity index (χ1) is 12.9. The summed E-state index contributed by atoms with van der Waals surface area (Å²) in [6.45, 7) is 5.56. The van der Waals surface area contributed by atoms with E-state index in [0.717, 1.165) is 34.1 Å². The quantitative estimate of drug-likeness (QED) is 0.422. The number of phenolic OH excluding ortho intramolecular Hbond substituents is 1. The number of Topliss-reactive ketones (excluding diaryl/α,β-unsaturated/α-hetero) is 1. The number of aromatic hydroxyl groups is 1. The molecule has 0 spiro atoms. The number of anilines is 2. The highest BCUT2D eigenvalue weighted by Gasteiger charge is 2.17. The van der Waals surface area contributed by atoms with E-state index in [4.69, 9.17) is 0 Å². The second-order valence-electron chi connectivity index (χ2n) is 6.80. The van der Waals surface area contributed by atoms with Crippen LogP contribution < -0.4 is 5.32 Å². The second kappa shape index (κ2) is 7.76. The number of phenols is 1. The van der Waals surface area contributed by atoms with Gasteiger partial charge < -0.3 is 15.5 Å². The molecule has 27 heavy (non-hydrogen) atoms. The number of aromatic nitrogens is 1. The number of carbonyl (C=O) groups excluding carboxylic acids is 1. The molecule has 140 valence electrons. The molecule has 2 aromatic carbocycles. The van der Waals surface area contributed by atoms with Crippen molar-refractivity contribution in [1.29, 1.82) is 0 Å². The molecule has 0 aliphatic heterocycles. The highest BCUT2D eigenvalue weighted by atomic mass is 16.3. The van der Waals surface area contributed by atoms with Crippen LogP contribution in [0.2, 0.25) is 0 Å². The number of aliphatic hydroxyl groups is 1. The van der Waals surface area contributed by atoms with Crippen molar-refractivity contribution < 1.29 is 15.0 Å². The fourth-order valence-corrected chi connectivity index (χ4v) is 3.10. The van der Waals surface area contributed by atoms with Gasteiger partial charge in [0.1, 0.15) is 5.75 Å². The van der Waals surface area contributed by atoms with Gasteiger partial charge >= 0.3 is 0 Å². The summed E-state index contributed by atoms with van der Waals surface area (Å²) in [7, 11) is 0. The smallest absolute Gasteiger partial charge is 0.166 e. The van der Waals surface area contributed by atoms with Crippen LogP contribution >= 0.6 is 0 Å². The summed E-state index contributed by atoms with van der Waals surface area (Å²) in [5, 5.41) is 23.8. The van der Waals surface area contributed by atoms with E-state index >= 15 is 0 Å². The fraction of sp³-hybridized carbons (Fsp3) is 0.273. The Kier molecular flexibility index (Phi) is 5.42. The zero-order chi connectivity index (χ0) is 19.6. The van der Waals surface area contributed by atoms with Crippen molar-refractivity contribution in [3.8, 4) is 5.75 Å². The summed E-state index contributed by atoms with van der Waals surface area (Å²) in [5.41, 5.74) is 4.37. The highest BCUT2D eigenvalue weighted by Crippen LogP contribution is 2.33. The summed E-state index contributed by atoms with van der Waals surface area (Å²) in [6.07, 6.45) is 2.18. The van der Waals surface area contributed by atoms with E-state index in [-0.39, 0.29) is 11.5 Å². The molecule has 0 amide bonds. The number of benzene rings is 2. The van der Waals surface area contributed by atoms with Crippen LogP contribution in [0.4, 0.5) is 11.4 Å². The molecule has 0 fully saturated rings. The lowest BCUT2D eigenvalue weighted by atomic mass is 10.00. The molecule has 0 aliphatic rings. The van der Waals surface area contributed by atoms with Gasteiger partial charge in [-0.25, -0.2) is 0 Å². The van der Waals surface area contributed by atoms with Crippen molar-refractivity contribution in [2.45, 2.75) is 39.7 Å². The molecular formula is C22H24N2O3. The molecule has 0 aliphatic carbocycles. The summed E-state index contributed by atoms with van der Waals surface area (Å²) in [4.78, 5) is 17.1. The van der Waals surface area contributed by atoms with Crippen LogP contribution in [0.3, 0.4) is 0 Å². The van der Waals surface area contributed by atoms with Gasteiger partial charge in [-0.05, 0) is 61.7 Å². The molecule has 0 bridgehead atoms. The minimum atomic E-state index is -0.618. The average molecular weight is 364 g/mol. The second-order valence-corrected chi connectivity index (χ2v) is 6.80. The lowest BCUT2D eigenvalue weighted by molar-refractivity contribution is 0.0982. The Bertz CT molecular complexity index is 996. The number of aryl methyl sites for hydroxylation is 1. The zero-order valence-electron chi connectivity index (χ0n) is 15.8. The molecule has 1 heterocycles. The number of carbonyl (C=O) groups is 1. The van der Waals surface area contributed by atoms with Crippen LogP contribution in [0.5, 0.6) is 5.75 Å². The Morgan fingerprint density at radius 3 is 2.67 bits per heavy atom. The molecular weight excluding hydrogens is 340 g/mol. The standard InChI is InChI=1S/C22H24N2O3/c1-4-5-21(27)18-12-23-20-8-6-15(14(3)25)11-17(20)22(18)24-19-9-7-16(26)10-13(19)2/h6-12,14,25-26H,4-5H2,1-3H3,(H,23,24). The molecule has 1 aromatic heterocycles. The third-order valence-electron chi connectivity index (χ3n) is 4.62. The van der Waals surface area contributed by atoms with Crippen LogP contribution in [-0.2, 0) is 0 Å². The van der Waals surface area contributed by atoms with Crippen LogP contribution in [0.25, 0.3) is 10.9 Å². The molecule has 3 N–H and O–H groups in total. The van der Waals surface area contributed by atoms with Crippen molar-refractivity contribution in [3.63, 3.8) is 0 Å². The monoisotopic (exact) mass is 364 g/mol. The minimum absolute atomic E-state index is 0.0216. The van der Waals surface area contributed by atoms with Gasteiger partial charge in [0, 0.05) is 23.7 Å². The maximum Gasteiger partial charge on any atom is 0.166 e. The number of rotatable bonds is 6. The average Bonchev–Trinajstić information content (AvgIpc) is 2.63. The lowest BCUT2D eigenvalue weighted by Crippen LogP contribution is -2.06. The number of nitrogens with one attached hydrogen (secondary N) is 1. The van der Waals surface area contributed by atoms with E-state index in [1.54, 1.807) is 31.3 Å². The topological polar surface area (TPSA) is 82.5 Å². The van der Waals surface area contributed by atoms with Gasteiger partial charge in [-0.3, -0.25) is 9.78 Å². The van der Waals surface area contributed by atoms with Gasteiger partial charge in [-0.1, -0.05) is 13.0 Å². The number of fused-ring (bicyclic) bond motifs is 1. The van der Waals surface area contributed by atoms with Gasteiger partial charge in [-0.2, -0.15) is 0 Å². The zero-order valence-corrected chi connectivity index (χ0v) is 15.8. The third kappa shape index (κ3) is 3.93. The molecule has 3 aromatic rings. The molecule has 0 saturated carbocycles. The maximum absolute atomic E-state index is 12.7. The van der Waals surface area contributed by atoms with Gasteiger partial charge in [-0.15, -0.1) is 0 Å². The Morgan fingerprint density at radius 1 is 1.22 bits per heavy atom. The number of aliphatic hydroxyl groups excluding tert-OH is 1. The highest BCUT2D eigenvalue weighted by molar-refractivity contribution is 6.09. The third-order valence-corrected chi connectivity index (χ3v) is 4.62. The number of hydrogen-bond acceptors (Lipinski definition) is 5.